The Morgan fingerprint density at radius 2 is 1.90 bits per heavy atom. The molecule has 1 N–H and O–H groups in total. The maximum absolute atomic E-state index is 11.1. The molecule has 5 nitrogen and oxygen atoms in total. The number of halogens is 1. The lowest BCUT2D eigenvalue weighted by atomic mass is 10.1. The molecule has 1 atom stereocenters. The number of nitro benzene ring substituents is 1. The molecule has 0 fully saturated rings. The van der Waals surface area contributed by atoms with Gasteiger partial charge >= 0.3 is 0 Å². The van der Waals surface area contributed by atoms with E-state index in [2.05, 4.69) is 27.9 Å². The van der Waals surface area contributed by atoms with E-state index in [1.165, 1.54) is 0 Å². The van der Waals surface area contributed by atoms with Crippen LogP contribution in [-0.4, -0.2) is 12.0 Å². The average Bonchev–Trinajstić information content (AvgIpc) is 2.49. The van der Waals surface area contributed by atoms with Gasteiger partial charge in [0, 0.05) is 15.7 Å². The summed E-state index contributed by atoms with van der Waals surface area (Å²) in [6, 6.07) is 12.7. The molecule has 2 rings (SSSR count). The third-order valence-electron chi connectivity index (χ3n) is 3.14. The van der Waals surface area contributed by atoms with Crippen LogP contribution in [0.3, 0.4) is 0 Å². The summed E-state index contributed by atoms with van der Waals surface area (Å²) in [5, 5.41) is 14.3. The molecular weight excluding hydrogens is 383 g/mol. The number of anilines is 1. The van der Waals surface area contributed by atoms with Crippen LogP contribution < -0.4 is 10.1 Å². The van der Waals surface area contributed by atoms with Crippen LogP contribution in [-0.2, 0) is 0 Å². The van der Waals surface area contributed by atoms with Crippen LogP contribution >= 0.6 is 22.6 Å². The summed E-state index contributed by atoms with van der Waals surface area (Å²) in [6.45, 7) is 1.96. The Balaban J connectivity index is 2.22. The quantitative estimate of drug-likeness (QED) is 0.461. The highest BCUT2D eigenvalue weighted by Gasteiger charge is 2.16. The van der Waals surface area contributed by atoms with Gasteiger partial charge in [-0.15, -0.1) is 0 Å². The first kappa shape index (κ1) is 15.6. The highest BCUT2D eigenvalue weighted by Crippen LogP contribution is 2.30. The van der Waals surface area contributed by atoms with Crippen molar-refractivity contribution < 1.29 is 9.66 Å². The maximum atomic E-state index is 11.1. The van der Waals surface area contributed by atoms with Gasteiger partial charge in [0.15, 0.2) is 0 Å². The van der Waals surface area contributed by atoms with E-state index in [1.807, 2.05) is 37.3 Å². The number of benzene rings is 2. The Hall–Kier alpha value is -1.83. The second-order valence-corrected chi connectivity index (χ2v) is 5.80. The third-order valence-corrected chi connectivity index (χ3v) is 3.82. The van der Waals surface area contributed by atoms with Gasteiger partial charge in [0.2, 0.25) is 0 Å². The molecule has 0 saturated carbocycles. The highest BCUT2D eigenvalue weighted by atomic mass is 127. The fraction of sp³-hybridized carbons (Fsp3) is 0.200. The Labute approximate surface area is 136 Å². The number of nitrogens with one attached hydrogen (secondary N) is 1. The summed E-state index contributed by atoms with van der Waals surface area (Å²) in [4.78, 5) is 10.8. The van der Waals surface area contributed by atoms with Crippen LogP contribution in [0.15, 0.2) is 42.5 Å². The molecule has 0 amide bonds. The lowest BCUT2D eigenvalue weighted by Crippen LogP contribution is -2.08. The molecule has 0 spiro atoms. The van der Waals surface area contributed by atoms with Gasteiger partial charge in [-0.05, 0) is 59.3 Å². The Kier molecular flexibility index (Phi) is 5.00. The summed E-state index contributed by atoms with van der Waals surface area (Å²) >= 11 is 2.06. The molecule has 110 valence electrons. The topological polar surface area (TPSA) is 64.4 Å². The molecular formula is C15H15IN2O3. The first-order valence-electron chi connectivity index (χ1n) is 6.35. The molecule has 0 radical (unpaired) electrons. The van der Waals surface area contributed by atoms with Crippen molar-refractivity contribution in [2.45, 2.75) is 13.0 Å². The minimum atomic E-state index is -0.370. The lowest BCUT2D eigenvalue weighted by Gasteiger charge is -2.16. The van der Waals surface area contributed by atoms with Crippen LogP contribution in [0.4, 0.5) is 11.4 Å². The normalized spacial score (nSPS) is 11.8. The SMILES string of the molecule is COc1ccc(C(C)Nc2ccc(I)cc2[N+](=O)[O-])cc1. The second-order valence-electron chi connectivity index (χ2n) is 4.56. The standard InChI is InChI=1S/C15H15IN2O3/c1-10(11-3-6-13(21-2)7-4-11)17-14-8-5-12(16)9-15(14)18(19)20/h3-10,17H,1-2H3. The number of nitro groups is 1. The van der Waals surface area contributed by atoms with E-state index in [9.17, 15) is 10.1 Å². The molecule has 0 bridgehead atoms. The van der Waals surface area contributed by atoms with Crippen molar-refractivity contribution in [1.29, 1.82) is 0 Å². The van der Waals surface area contributed by atoms with E-state index in [-0.39, 0.29) is 16.7 Å². The van der Waals surface area contributed by atoms with Gasteiger partial charge in [-0.1, -0.05) is 12.1 Å². The van der Waals surface area contributed by atoms with Crippen LogP contribution in [0.5, 0.6) is 5.75 Å². The summed E-state index contributed by atoms with van der Waals surface area (Å²) in [7, 11) is 1.62. The van der Waals surface area contributed by atoms with Crippen LogP contribution in [0.25, 0.3) is 0 Å². The monoisotopic (exact) mass is 398 g/mol. The summed E-state index contributed by atoms with van der Waals surface area (Å²) in [5.74, 6) is 0.784. The highest BCUT2D eigenvalue weighted by molar-refractivity contribution is 14.1. The molecule has 21 heavy (non-hydrogen) atoms. The van der Waals surface area contributed by atoms with Crippen LogP contribution in [0.1, 0.15) is 18.5 Å². The van der Waals surface area contributed by atoms with Crippen molar-refractivity contribution in [3.05, 3.63) is 61.7 Å². The molecule has 0 aliphatic heterocycles. The number of rotatable bonds is 5. The number of ether oxygens (including phenoxy) is 1. The smallest absolute Gasteiger partial charge is 0.293 e. The van der Waals surface area contributed by atoms with Gasteiger partial charge < -0.3 is 10.1 Å². The molecule has 0 saturated heterocycles. The number of hydrogen-bond donors (Lipinski definition) is 1. The van der Waals surface area contributed by atoms with Gasteiger partial charge in [0.05, 0.1) is 12.0 Å². The molecule has 2 aromatic carbocycles. The van der Waals surface area contributed by atoms with E-state index in [1.54, 1.807) is 19.2 Å². The molecule has 6 heteroatoms. The fourth-order valence-corrected chi connectivity index (χ4v) is 2.46. The number of nitrogens with zero attached hydrogens (tertiary/aromatic N) is 1. The van der Waals surface area contributed by atoms with Crippen molar-refractivity contribution in [3.8, 4) is 5.75 Å². The van der Waals surface area contributed by atoms with E-state index in [0.29, 0.717) is 5.69 Å². The Bertz CT molecular complexity index is 644. The summed E-state index contributed by atoms with van der Waals surface area (Å²) in [6.07, 6.45) is 0. The first-order valence-corrected chi connectivity index (χ1v) is 7.43. The molecule has 0 aliphatic carbocycles. The molecule has 1 unspecified atom stereocenters. The van der Waals surface area contributed by atoms with Gasteiger partial charge in [-0.3, -0.25) is 10.1 Å². The summed E-state index contributed by atoms with van der Waals surface area (Å²) in [5.41, 5.74) is 1.63. The number of hydrogen-bond acceptors (Lipinski definition) is 4. The van der Waals surface area contributed by atoms with Gasteiger partial charge in [-0.25, -0.2) is 0 Å². The van der Waals surface area contributed by atoms with Gasteiger partial charge in [0.1, 0.15) is 11.4 Å². The predicted molar refractivity (Wildman–Crippen MR) is 90.8 cm³/mol. The fourth-order valence-electron chi connectivity index (χ4n) is 1.99. The number of methoxy groups -OCH3 is 1. The van der Waals surface area contributed by atoms with Crippen molar-refractivity contribution in [1.82, 2.24) is 0 Å². The zero-order valence-corrected chi connectivity index (χ0v) is 13.8. The van der Waals surface area contributed by atoms with Crippen LogP contribution in [0, 0.1) is 13.7 Å². The largest absolute Gasteiger partial charge is 0.497 e. The van der Waals surface area contributed by atoms with E-state index in [4.69, 9.17) is 4.74 Å². The van der Waals surface area contributed by atoms with Crippen molar-refractivity contribution in [2.24, 2.45) is 0 Å². The Morgan fingerprint density at radius 3 is 2.48 bits per heavy atom. The molecule has 2 aromatic rings. The zero-order chi connectivity index (χ0) is 15.4. The predicted octanol–water partition coefficient (Wildman–Crippen LogP) is 4.38. The van der Waals surface area contributed by atoms with Crippen molar-refractivity contribution in [2.75, 3.05) is 12.4 Å². The third kappa shape index (κ3) is 3.84. The molecule has 0 aliphatic rings. The van der Waals surface area contributed by atoms with Gasteiger partial charge in [-0.2, -0.15) is 0 Å². The van der Waals surface area contributed by atoms with Crippen molar-refractivity contribution in [3.63, 3.8) is 0 Å². The Morgan fingerprint density at radius 1 is 1.24 bits per heavy atom. The zero-order valence-electron chi connectivity index (χ0n) is 11.7. The maximum Gasteiger partial charge on any atom is 0.293 e. The van der Waals surface area contributed by atoms with Crippen LogP contribution in [0.2, 0.25) is 0 Å². The minimum absolute atomic E-state index is 0.0466. The average molecular weight is 398 g/mol. The second kappa shape index (κ2) is 6.75. The molecule has 0 aromatic heterocycles. The van der Waals surface area contributed by atoms with Gasteiger partial charge in [0.25, 0.3) is 5.69 Å². The summed E-state index contributed by atoms with van der Waals surface area (Å²) < 4.78 is 5.96. The minimum Gasteiger partial charge on any atom is -0.497 e. The van der Waals surface area contributed by atoms with E-state index < -0.39 is 0 Å². The molecule has 0 heterocycles. The van der Waals surface area contributed by atoms with Crippen molar-refractivity contribution >= 4 is 34.0 Å². The van der Waals surface area contributed by atoms with E-state index in [0.717, 1.165) is 14.9 Å². The van der Waals surface area contributed by atoms with E-state index >= 15 is 0 Å². The first-order chi connectivity index (χ1) is 10.0. The lowest BCUT2D eigenvalue weighted by molar-refractivity contribution is -0.384.